The van der Waals surface area contributed by atoms with E-state index in [2.05, 4.69) is 108 Å². The Balaban J connectivity index is 1.68. The van der Waals surface area contributed by atoms with Gasteiger partial charge in [-0.1, -0.05) is 91.0 Å². The molecule has 4 aromatic rings. The van der Waals surface area contributed by atoms with Crippen LogP contribution in [0.25, 0.3) is 22.3 Å². The quantitative estimate of drug-likeness (QED) is 0.352. The molecule has 0 unspecified atom stereocenters. The molecular weight excluding hydrogens is 378 g/mol. The highest BCUT2D eigenvalue weighted by atomic mass is 16.7. The minimum Gasteiger partial charge on any atom is -0.299 e. The Morgan fingerprint density at radius 2 is 1.32 bits per heavy atom. The monoisotopic (exact) mass is 405 g/mol. The van der Waals surface area contributed by atoms with Crippen molar-refractivity contribution >= 4 is 0 Å². The van der Waals surface area contributed by atoms with Crippen molar-refractivity contribution in [1.29, 1.82) is 0 Å². The Kier molecular flexibility index (Phi) is 5.92. The molecule has 0 spiro atoms. The van der Waals surface area contributed by atoms with Gasteiger partial charge < -0.3 is 0 Å². The first-order valence-electron chi connectivity index (χ1n) is 11.1. The molecule has 1 fully saturated rings. The number of hydrogen-bond donors (Lipinski definition) is 0. The van der Waals surface area contributed by atoms with Crippen LogP contribution < -0.4 is 0 Å². The Morgan fingerprint density at radius 3 is 1.97 bits per heavy atom. The lowest BCUT2D eigenvalue weighted by Crippen LogP contribution is -2.18. The maximum atomic E-state index is 5.89. The van der Waals surface area contributed by atoms with Crippen LogP contribution in [0.5, 0.6) is 0 Å². The second-order valence-corrected chi connectivity index (χ2v) is 8.11. The topological polar surface area (TPSA) is 12.5 Å². The fraction of sp³-hybridized carbons (Fsp3) is 0.172. The first-order chi connectivity index (χ1) is 15.4. The molecule has 2 heteroatoms. The summed E-state index contributed by atoms with van der Waals surface area (Å²) >= 11 is 0. The zero-order valence-corrected chi connectivity index (χ0v) is 17.7. The van der Waals surface area contributed by atoms with Crippen molar-refractivity contribution in [2.45, 2.75) is 19.4 Å². The SMILES string of the molecule is c1ccc(Cc2c(CN3CCCO3)cc(-c3ccccc3)cc2-c2ccccc2)cc1. The van der Waals surface area contributed by atoms with E-state index in [0.717, 1.165) is 32.5 Å². The van der Waals surface area contributed by atoms with Gasteiger partial charge in [-0.25, -0.2) is 0 Å². The summed E-state index contributed by atoms with van der Waals surface area (Å²) in [6, 6.07) is 36.9. The zero-order chi connectivity index (χ0) is 20.9. The van der Waals surface area contributed by atoms with Gasteiger partial charge in [0, 0.05) is 13.1 Å². The second kappa shape index (κ2) is 9.30. The van der Waals surface area contributed by atoms with E-state index >= 15 is 0 Å². The molecule has 4 aromatic carbocycles. The second-order valence-electron chi connectivity index (χ2n) is 8.11. The Bertz CT molecular complexity index is 1120. The minimum absolute atomic E-state index is 0.808. The molecule has 0 bridgehead atoms. The van der Waals surface area contributed by atoms with Crippen molar-refractivity contribution in [2.75, 3.05) is 13.2 Å². The molecule has 1 aliphatic heterocycles. The summed E-state index contributed by atoms with van der Waals surface area (Å²) in [4.78, 5) is 5.89. The van der Waals surface area contributed by atoms with Crippen LogP contribution in [0, 0.1) is 0 Å². The number of nitrogens with zero attached hydrogens (tertiary/aromatic N) is 1. The molecule has 1 heterocycles. The lowest BCUT2D eigenvalue weighted by molar-refractivity contribution is -0.117. The van der Waals surface area contributed by atoms with Gasteiger partial charge in [-0.15, -0.1) is 0 Å². The smallest absolute Gasteiger partial charge is 0.0698 e. The Labute approximate surface area is 184 Å². The zero-order valence-electron chi connectivity index (χ0n) is 17.7. The third-order valence-corrected chi connectivity index (χ3v) is 5.93. The van der Waals surface area contributed by atoms with Crippen LogP contribution in [-0.2, 0) is 17.8 Å². The van der Waals surface area contributed by atoms with Gasteiger partial charge in [0.2, 0.25) is 0 Å². The molecule has 0 amide bonds. The minimum atomic E-state index is 0.808. The van der Waals surface area contributed by atoms with Gasteiger partial charge in [-0.2, -0.15) is 5.06 Å². The third kappa shape index (κ3) is 4.61. The number of hydroxylamine groups is 2. The molecule has 154 valence electrons. The fourth-order valence-corrected chi connectivity index (χ4v) is 4.37. The molecule has 0 saturated carbocycles. The molecule has 0 aliphatic carbocycles. The summed E-state index contributed by atoms with van der Waals surface area (Å²) in [5.41, 5.74) is 9.11. The van der Waals surface area contributed by atoms with Crippen molar-refractivity contribution in [2.24, 2.45) is 0 Å². The molecule has 0 N–H and O–H groups in total. The highest BCUT2D eigenvalue weighted by Gasteiger charge is 2.19. The lowest BCUT2D eigenvalue weighted by Gasteiger charge is -2.21. The molecule has 31 heavy (non-hydrogen) atoms. The average Bonchev–Trinajstić information content (AvgIpc) is 3.35. The molecule has 1 aliphatic rings. The predicted molar refractivity (Wildman–Crippen MR) is 128 cm³/mol. The number of hydrogen-bond acceptors (Lipinski definition) is 2. The van der Waals surface area contributed by atoms with Crippen molar-refractivity contribution in [3.63, 3.8) is 0 Å². The molecule has 0 aromatic heterocycles. The number of benzene rings is 4. The molecule has 0 atom stereocenters. The van der Waals surface area contributed by atoms with E-state index < -0.39 is 0 Å². The van der Waals surface area contributed by atoms with E-state index in [9.17, 15) is 0 Å². The normalized spacial score (nSPS) is 14.1. The highest BCUT2D eigenvalue weighted by molar-refractivity contribution is 5.77. The van der Waals surface area contributed by atoms with Crippen molar-refractivity contribution in [3.05, 3.63) is 120 Å². The van der Waals surface area contributed by atoms with Gasteiger partial charge in [0.05, 0.1) is 6.61 Å². The van der Waals surface area contributed by atoms with E-state index in [1.807, 2.05) is 0 Å². The van der Waals surface area contributed by atoms with E-state index in [0.29, 0.717) is 0 Å². The van der Waals surface area contributed by atoms with Gasteiger partial charge in [0.15, 0.2) is 0 Å². The van der Waals surface area contributed by atoms with E-state index in [1.54, 1.807) is 0 Å². The fourth-order valence-electron chi connectivity index (χ4n) is 4.37. The third-order valence-electron chi connectivity index (χ3n) is 5.93. The van der Waals surface area contributed by atoms with E-state index in [4.69, 9.17) is 4.84 Å². The van der Waals surface area contributed by atoms with Crippen molar-refractivity contribution in [3.8, 4) is 22.3 Å². The first kappa shape index (κ1) is 19.7. The van der Waals surface area contributed by atoms with Crippen LogP contribution in [-0.4, -0.2) is 18.2 Å². The summed E-state index contributed by atoms with van der Waals surface area (Å²) in [7, 11) is 0. The van der Waals surface area contributed by atoms with Crippen molar-refractivity contribution in [1.82, 2.24) is 5.06 Å². The van der Waals surface area contributed by atoms with Crippen LogP contribution in [0.15, 0.2) is 103 Å². The molecular formula is C29H27NO. The Hall–Kier alpha value is -3.20. The van der Waals surface area contributed by atoms with E-state index in [-0.39, 0.29) is 0 Å². The summed E-state index contributed by atoms with van der Waals surface area (Å²) in [6.07, 6.45) is 2.00. The Morgan fingerprint density at radius 1 is 0.677 bits per heavy atom. The van der Waals surface area contributed by atoms with Gasteiger partial charge in [0.1, 0.15) is 0 Å². The largest absolute Gasteiger partial charge is 0.299 e. The maximum absolute atomic E-state index is 5.89. The molecule has 0 radical (unpaired) electrons. The van der Waals surface area contributed by atoms with Crippen molar-refractivity contribution < 1.29 is 4.84 Å². The van der Waals surface area contributed by atoms with Gasteiger partial charge >= 0.3 is 0 Å². The van der Waals surface area contributed by atoms with Gasteiger partial charge in [0.25, 0.3) is 0 Å². The molecule has 1 saturated heterocycles. The molecule has 5 rings (SSSR count). The highest BCUT2D eigenvalue weighted by Crippen LogP contribution is 2.35. The van der Waals surface area contributed by atoms with Crippen LogP contribution in [0.1, 0.15) is 23.1 Å². The average molecular weight is 406 g/mol. The van der Waals surface area contributed by atoms with Crippen LogP contribution in [0.4, 0.5) is 0 Å². The van der Waals surface area contributed by atoms with E-state index in [1.165, 1.54) is 38.9 Å². The summed E-state index contributed by atoms with van der Waals surface area (Å²) < 4.78 is 0. The summed E-state index contributed by atoms with van der Waals surface area (Å²) in [5.74, 6) is 0. The summed E-state index contributed by atoms with van der Waals surface area (Å²) in [6.45, 7) is 2.61. The first-order valence-corrected chi connectivity index (χ1v) is 11.1. The van der Waals surface area contributed by atoms with Gasteiger partial charge in [-0.3, -0.25) is 4.84 Å². The predicted octanol–water partition coefficient (Wildman–Crippen LogP) is 6.75. The van der Waals surface area contributed by atoms with Crippen LogP contribution >= 0.6 is 0 Å². The molecule has 2 nitrogen and oxygen atoms in total. The lowest BCUT2D eigenvalue weighted by atomic mass is 9.87. The summed E-state index contributed by atoms with van der Waals surface area (Å²) in [5, 5.41) is 2.12. The van der Waals surface area contributed by atoms with Crippen LogP contribution in [0.3, 0.4) is 0 Å². The maximum Gasteiger partial charge on any atom is 0.0698 e. The van der Waals surface area contributed by atoms with Crippen LogP contribution in [0.2, 0.25) is 0 Å². The number of rotatable bonds is 6. The standard InChI is InChI=1S/C29H27NO/c1-4-11-23(12-5-1)19-28-27(22-30-17-10-18-31-30)20-26(24-13-6-2-7-14-24)21-29(28)25-15-8-3-9-16-25/h1-9,11-16,20-21H,10,17-19,22H2. The van der Waals surface area contributed by atoms with Gasteiger partial charge in [-0.05, 0) is 63.9 Å².